The number of allylic oxidation sites excluding steroid dienone is 1. The first kappa shape index (κ1) is 26.9. The third-order valence-corrected chi connectivity index (χ3v) is 10.2. The van der Waals surface area contributed by atoms with Crippen molar-refractivity contribution in [3.8, 4) is 0 Å². The molecule has 1 unspecified atom stereocenters. The van der Waals surface area contributed by atoms with Gasteiger partial charge in [0.1, 0.15) is 5.03 Å². The van der Waals surface area contributed by atoms with Crippen LogP contribution in [0, 0.1) is 20.8 Å². The smallest absolute Gasteiger partial charge is 0.242 e. The number of hydrogen-bond acceptors (Lipinski definition) is 4. The quantitative estimate of drug-likeness (QED) is 0.316. The zero-order valence-corrected chi connectivity index (χ0v) is 22.8. The molecular weight excluding hydrogens is 573 g/mol. The molecule has 1 aliphatic rings. The van der Waals surface area contributed by atoms with E-state index in [1.165, 1.54) is 12.1 Å². The second kappa shape index (κ2) is 9.07. The Kier molecular flexibility index (Phi) is 7.39. The number of aryl methyl sites for hydroxylation is 3. The maximum absolute atomic E-state index is 13.4. The average molecular weight is 591 g/mol. The summed E-state index contributed by atoms with van der Waals surface area (Å²) in [6.07, 6.45) is 0. The molecule has 2 aromatic rings. The van der Waals surface area contributed by atoms with Crippen molar-refractivity contribution in [2.24, 2.45) is 0 Å². The second-order valence-corrected chi connectivity index (χ2v) is 12.8. The van der Waals surface area contributed by atoms with Gasteiger partial charge in [0.25, 0.3) is 0 Å². The van der Waals surface area contributed by atoms with Crippen LogP contribution in [0.15, 0.2) is 57.4 Å². The van der Waals surface area contributed by atoms with Crippen LogP contribution in [0.1, 0.15) is 16.7 Å². The van der Waals surface area contributed by atoms with Crippen molar-refractivity contribution >= 4 is 91.1 Å². The molecule has 0 saturated carbocycles. The Morgan fingerprint density at radius 3 is 1.97 bits per heavy atom. The number of alkyl halides is 4. The standard InChI is InChI=1S/C21H18Cl6N2O3S/c1-11-4-8-15(9-5-11)33(31,32)29-20(28-14-7-6-12(2)13(3)10-14)17(23)16(22)18(30)19(24,25)21(20,26)27/h4-10,28-29H,1-3H3. The van der Waals surface area contributed by atoms with Crippen LogP contribution in [-0.2, 0) is 14.8 Å². The number of ketones is 1. The molecule has 0 bridgehead atoms. The first-order valence-corrected chi connectivity index (χ1v) is 13.1. The summed E-state index contributed by atoms with van der Waals surface area (Å²) >= 11 is 38.4. The molecule has 0 spiro atoms. The van der Waals surface area contributed by atoms with E-state index >= 15 is 0 Å². The summed E-state index contributed by atoms with van der Waals surface area (Å²) in [5, 5.41) is 1.75. The van der Waals surface area contributed by atoms with Crippen molar-refractivity contribution in [2.75, 3.05) is 5.32 Å². The van der Waals surface area contributed by atoms with Crippen LogP contribution in [0.25, 0.3) is 0 Å². The fraction of sp³-hybridized carbons (Fsp3) is 0.286. The van der Waals surface area contributed by atoms with Gasteiger partial charge in [-0.2, -0.15) is 4.72 Å². The summed E-state index contributed by atoms with van der Waals surface area (Å²) in [4.78, 5) is 12.6. The van der Waals surface area contributed by atoms with Gasteiger partial charge < -0.3 is 5.32 Å². The van der Waals surface area contributed by atoms with E-state index in [0.717, 1.165) is 16.7 Å². The molecule has 2 aromatic carbocycles. The van der Waals surface area contributed by atoms with Crippen molar-refractivity contribution in [2.45, 2.75) is 40.0 Å². The SMILES string of the molecule is Cc1ccc(S(=O)(=O)NC2(Nc3ccc(C)c(C)c3)C(Cl)=C(Cl)C(=O)C(Cl)(Cl)C2(Cl)Cl)cc1. The lowest BCUT2D eigenvalue weighted by Crippen LogP contribution is -2.73. The molecule has 3 rings (SSSR count). The van der Waals surface area contributed by atoms with E-state index in [0.29, 0.717) is 5.69 Å². The topological polar surface area (TPSA) is 75.3 Å². The van der Waals surface area contributed by atoms with Crippen LogP contribution in [0.4, 0.5) is 5.69 Å². The molecule has 0 aliphatic heterocycles. The molecule has 1 aliphatic carbocycles. The van der Waals surface area contributed by atoms with Crippen LogP contribution in [0.2, 0.25) is 0 Å². The van der Waals surface area contributed by atoms with E-state index in [4.69, 9.17) is 69.6 Å². The van der Waals surface area contributed by atoms with Crippen LogP contribution in [-0.4, -0.2) is 28.5 Å². The third kappa shape index (κ3) is 4.50. The van der Waals surface area contributed by atoms with Gasteiger partial charge in [0.15, 0.2) is 5.66 Å². The average Bonchev–Trinajstić information content (AvgIpc) is 2.73. The number of carbonyl (C=O) groups is 1. The number of benzene rings is 2. The van der Waals surface area contributed by atoms with E-state index < -0.39 is 40.2 Å². The number of carbonyl (C=O) groups excluding carboxylic acids is 1. The molecule has 0 amide bonds. The lowest BCUT2D eigenvalue weighted by atomic mass is 9.92. The summed E-state index contributed by atoms with van der Waals surface area (Å²) in [6, 6.07) is 11.1. The van der Waals surface area contributed by atoms with Gasteiger partial charge in [-0.05, 0) is 56.2 Å². The molecule has 0 saturated heterocycles. The minimum Gasteiger partial charge on any atom is -0.359 e. The highest BCUT2D eigenvalue weighted by Gasteiger charge is 2.71. The van der Waals surface area contributed by atoms with Crippen molar-refractivity contribution in [1.29, 1.82) is 0 Å². The van der Waals surface area contributed by atoms with Crippen LogP contribution in [0.5, 0.6) is 0 Å². The Balaban J connectivity index is 2.29. The zero-order chi connectivity index (χ0) is 25.0. The Bertz CT molecular complexity index is 1260. The summed E-state index contributed by atoms with van der Waals surface area (Å²) in [5.41, 5.74) is 0.701. The maximum atomic E-state index is 13.4. The van der Waals surface area contributed by atoms with Gasteiger partial charge in [-0.3, -0.25) is 4.79 Å². The first-order chi connectivity index (χ1) is 15.1. The number of nitrogens with one attached hydrogen (secondary N) is 2. The zero-order valence-electron chi connectivity index (χ0n) is 17.4. The van der Waals surface area contributed by atoms with E-state index in [-0.39, 0.29) is 4.90 Å². The molecule has 0 radical (unpaired) electrons. The fourth-order valence-corrected chi connectivity index (χ4v) is 6.51. The molecule has 5 nitrogen and oxygen atoms in total. The predicted octanol–water partition coefficient (Wildman–Crippen LogP) is 6.32. The molecule has 2 N–H and O–H groups in total. The van der Waals surface area contributed by atoms with Crippen molar-refractivity contribution < 1.29 is 13.2 Å². The van der Waals surface area contributed by atoms with Gasteiger partial charge in [0.05, 0.1) is 9.93 Å². The Morgan fingerprint density at radius 2 is 1.42 bits per heavy atom. The third-order valence-electron chi connectivity index (χ3n) is 5.33. The van der Waals surface area contributed by atoms with Crippen molar-refractivity contribution in [3.05, 3.63) is 69.2 Å². The number of halogens is 6. The first-order valence-electron chi connectivity index (χ1n) is 9.39. The van der Waals surface area contributed by atoms with Gasteiger partial charge in [0.2, 0.25) is 24.5 Å². The van der Waals surface area contributed by atoms with Crippen molar-refractivity contribution in [1.82, 2.24) is 4.72 Å². The normalized spacial score (nSPS) is 22.4. The largest absolute Gasteiger partial charge is 0.359 e. The maximum Gasteiger partial charge on any atom is 0.242 e. The van der Waals surface area contributed by atoms with Gasteiger partial charge in [-0.15, -0.1) is 0 Å². The highest BCUT2D eigenvalue weighted by Crippen LogP contribution is 2.58. The summed E-state index contributed by atoms with van der Waals surface area (Å²) < 4.78 is 24.0. The van der Waals surface area contributed by atoms with Crippen LogP contribution in [0.3, 0.4) is 0 Å². The molecule has 0 aromatic heterocycles. The van der Waals surface area contributed by atoms with Crippen LogP contribution < -0.4 is 10.0 Å². The lowest BCUT2D eigenvalue weighted by Gasteiger charge is -2.50. The minimum absolute atomic E-state index is 0.120. The predicted molar refractivity (Wildman–Crippen MR) is 136 cm³/mol. The lowest BCUT2D eigenvalue weighted by molar-refractivity contribution is -0.116. The number of anilines is 1. The summed E-state index contributed by atoms with van der Waals surface area (Å²) in [5.74, 6) is -1.07. The van der Waals surface area contributed by atoms with E-state index in [9.17, 15) is 13.2 Å². The molecular formula is C21H18Cl6N2O3S. The number of sulfonamides is 1. The Labute approximate surface area is 222 Å². The molecule has 0 fully saturated rings. The van der Waals surface area contributed by atoms with E-state index in [2.05, 4.69) is 10.0 Å². The Hall–Kier alpha value is -0.700. The van der Waals surface area contributed by atoms with Gasteiger partial charge in [-0.25, -0.2) is 8.42 Å². The van der Waals surface area contributed by atoms with Crippen LogP contribution >= 0.6 is 69.6 Å². The summed E-state index contributed by atoms with van der Waals surface area (Å²) in [7, 11) is -4.36. The van der Waals surface area contributed by atoms with Gasteiger partial charge >= 0.3 is 0 Å². The van der Waals surface area contributed by atoms with Gasteiger partial charge in [0, 0.05) is 5.69 Å². The number of rotatable bonds is 5. The molecule has 178 valence electrons. The molecule has 33 heavy (non-hydrogen) atoms. The monoisotopic (exact) mass is 588 g/mol. The minimum atomic E-state index is -4.36. The van der Waals surface area contributed by atoms with Crippen molar-refractivity contribution in [3.63, 3.8) is 0 Å². The molecule has 12 heteroatoms. The highest BCUT2D eigenvalue weighted by atomic mass is 35.5. The van der Waals surface area contributed by atoms with E-state index in [1.54, 1.807) is 37.3 Å². The van der Waals surface area contributed by atoms with Gasteiger partial charge in [-0.1, -0.05) is 93.4 Å². The molecule has 1 atom stereocenters. The Morgan fingerprint density at radius 1 is 0.848 bits per heavy atom. The fourth-order valence-electron chi connectivity index (χ4n) is 3.20. The number of hydrogen-bond donors (Lipinski definition) is 2. The molecule has 0 heterocycles. The number of Topliss-reactive ketones (excluding diaryl/α,β-unsaturated/α-hetero) is 1. The summed E-state index contributed by atoms with van der Waals surface area (Å²) in [6.45, 7) is 5.55. The highest BCUT2D eigenvalue weighted by molar-refractivity contribution is 7.89. The van der Waals surface area contributed by atoms with E-state index in [1.807, 2.05) is 13.8 Å². The second-order valence-electron chi connectivity index (χ2n) is 7.70.